The van der Waals surface area contributed by atoms with Gasteiger partial charge < -0.3 is 8.85 Å². The molecule has 0 bridgehead atoms. The fraction of sp³-hybridized carbons (Fsp3) is 0.500. The molecule has 0 aliphatic carbocycles. The van der Waals surface area contributed by atoms with Gasteiger partial charge in [0.1, 0.15) is 11.9 Å². The fourth-order valence-corrected chi connectivity index (χ4v) is 5.77. The van der Waals surface area contributed by atoms with E-state index in [9.17, 15) is 0 Å². The number of hydrogen-bond acceptors (Lipinski definition) is 3. The molecule has 1 unspecified atom stereocenters. The van der Waals surface area contributed by atoms with Crippen LogP contribution in [0.25, 0.3) is 0 Å². The molecule has 1 aromatic carbocycles. The minimum absolute atomic E-state index is 0.0802. The number of thiophene rings is 1. The summed E-state index contributed by atoms with van der Waals surface area (Å²) in [4.78, 5) is 1.22. The second-order valence-corrected chi connectivity index (χ2v) is 17.1. The van der Waals surface area contributed by atoms with Gasteiger partial charge in [0.25, 0.3) is 9.04 Å². The third kappa shape index (κ3) is 6.06. The van der Waals surface area contributed by atoms with Crippen LogP contribution in [0, 0.1) is 0 Å². The number of halogens is 1. The lowest BCUT2D eigenvalue weighted by Crippen LogP contribution is -2.29. The fourth-order valence-electron chi connectivity index (χ4n) is 2.62. The average molecular weight is 471 g/mol. The lowest BCUT2D eigenvalue weighted by molar-refractivity contribution is 0.240. The van der Waals surface area contributed by atoms with Crippen molar-refractivity contribution in [3.8, 4) is 5.75 Å². The Labute approximate surface area is 173 Å². The summed E-state index contributed by atoms with van der Waals surface area (Å²) in [7, 11) is -2.62. The lowest BCUT2D eigenvalue weighted by atomic mass is 9.86. The Balaban J connectivity index is 2.58. The largest absolute Gasteiger partial charge is 0.542 e. The maximum Gasteiger partial charge on any atom is 0.274 e. The maximum absolute atomic E-state index is 6.63. The maximum atomic E-state index is 6.63. The van der Waals surface area contributed by atoms with Gasteiger partial charge >= 0.3 is 0 Å². The molecule has 1 radical (unpaired) electrons. The van der Waals surface area contributed by atoms with Gasteiger partial charge in [0.2, 0.25) is 0 Å². The van der Waals surface area contributed by atoms with Crippen molar-refractivity contribution < 1.29 is 8.85 Å². The van der Waals surface area contributed by atoms with Crippen LogP contribution in [-0.2, 0) is 9.84 Å². The number of benzene rings is 1. The molecule has 143 valence electrons. The van der Waals surface area contributed by atoms with Crippen molar-refractivity contribution in [3.05, 3.63) is 50.1 Å². The zero-order valence-electron chi connectivity index (χ0n) is 17.1. The van der Waals surface area contributed by atoms with E-state index >= 15 is 0 Å². The summed E-state index contributed by atoms with van der Waals surface area (Å²) in [5, 5.41) is 2.12. The highest BCUT2D eigenvalue weighted by Gasteiger charge is 2.28. The van der Waals surface area contributed by atoms with Gasteiger partial charge in [0.15, 0.2) is 8.32 Å². The first-order valence-electron chi connectivity index (χ1n) is 8.91. The van der Waals surface area contributed by atoms with Crippen LogP contribution in [-0.4, -0.2) is 17.4 Å². The van der Waals surface area contributed by atoms with Crippen LogP contribution >= 0.6 is 27.3 Å². The quantitative estimate of drug-likeness (QED) is 0.410. The molecular formula is C20H30BrO2SSi2. The van der Waals surface area contributed by atoms with Crippen molar-refractivity contribution in [1.29, 1.82) is 0 Å². The van der Waals surface area contributed by atoms with Crippen LogP contribution in [0.5, 0.6) is 5.75 Å². The molecule has 0 aliphatic rings. The highest BCUT2D eigenvalue weighted by atomic mass is 79.9. The third-order valence-electron chi connectivity index (χ3n) is 3.79. The van der Waals surface area contributed by atoms with Gasteiger partial charge in [-0.2, -0.15) is 0 Å². The summed E-state index contributed by atoms with van der Waals surface area (Å²) in [6.07, 6.45) is -0.0802. The highest BCUT2D eigenvalue weighted by Crippen LogP contribution is 2.40. The summed E-state index contributed by atoms with van der Waals surface area (Å²) >= 11 is 5.32. The van der Waals surface area contributed by atoms with E-state index in [1.165, 1.54) is 10.4 Å². The summed E-state index contributed by atoms with van der Waals surface area (Å²) in [6, 6.07) is 8.82. The Morgan fingerprint density at radius 2 is 1.77 bits per heavy atom. The molecule has 0 spiro atoms. The molecule has 6 heteroatoms. The van der Waals surface area contributed by atoms with Gasteiger partial charge in [-0.15, -0.1) is 11.3 Å². The van der Waals surface area contributed by atoms with E-state index in [2.05, 4.69) is 99.1 Å². The van der Waals surface area contributed by atoms with Crippen LogP contribution in [0.2, 0.25) is 32.7 Å². The van der Waals surface area contributed by atoms with Crippen LogP contribution in [0.3, 0.4) is 0 Å². The van der Waals surface area contributed by atoms with Crippen molar-refractivity contribution in [2.45, 2.75) is 65.0 Å². The molecule has 0 fully saturated rings. The molecule has 1 atom stereocenters. The number of hydrogen-bond donors (Lipinski definition) is 0. The van der Waals surface area contributed by atoms with Crippen molar-refractivity contribution in [1.82, 2.24) is 0 Å². The van der Waals surface area contributed by atoms with E-state index in [1.807, 2.05) is 0 Å². The van der Waals surface area contributed by atoms with Crippen molar-refractivity contribution in [2.75, 3.05) is 0 Å². The van der Waals surface area contributed by atoms with Crippen LogP contribution in [0.15, 0.2) is 34.1 Å². The van der Waals surface area contributed by atoms with E-state index in [-0.39, 0.29) is 11.5 Å². The predicted octanol–water partition coefficient (Wildman–Crippen LogP) is 7.38. The summed E-state index contributed by atoms with van der Waals surface area (Å²) < 4.78 is 14.1. The van der Waals surface area contributed by atoms with Gasteiger partial charge in [-0.25, -0.2) is 0 Å². The smallest absolute Gasteiger partial charge is 0.274 e. The molecule has 0 amide bonds. The first kappa shape index (κ1) is 21.9. The zero-order chi connectivity index (χ0) is 19.7. The van der Waals surface area contributed by atoms with Crippen molar-refractivity contribution >= 4 is 44.6 Å². The van der Waals surface area contributed by atoms with E-state index < -0.39 is 17.4 Å². The summed E-state index contributed by atoms with van der Waals surface area (Å²) in [5.41, 5.74) is 2.52. The molecule has 0 aliphatic heterocycles. The van der Waals surface area contributed by atoms with E-state index in [0.29, 0.717) is 0 Å². The number of rotatable bonds is 6. The zero-order valence-corrected chi connectivity index (χ0v) is 21.5. The topological polar surface area (TPSA) is 18.5 Å². The Morgan fingerprint density at radius 1 is 1.12 bits per heavy atom. The second-order valence-electron chi connectivity index (χ2n) is 8.79. The minimum atomic E-state index is -1.75. The average Bonchev–Trinajstić information content (AvgIpc) is 2.89. The van der Waals surface area contributed by atoms with Gasteiger partial charge in [0.05, 0.1) is 0 Å². The van der Waals surface area contributed by atoms with Crippen LogP contribution in [0.1, 0.15) is 42.9 Å². The van der Waals surface area contributed by atoms with Crippen LogP contribution < -0.4 is 4.43 Å². The molecule has 0 N–H and O–H groups in total. The summed E-state index contributed by atoms with van der Waals surface area (Å²) in [5.74, 6) is 0.976. The van der Waals surface area contributed by atoms with Gasteiger partial charge in [-0.05, 0) is 71.8 Å². The highest BCUT2D eigenvalue weighted by molar-refractivity contribution is 9.10. The van der Waals surface area contributed by atoms with Gasteiger partial charge in [-0.1, -0.05) is 32.9 Å². The van der Waals surface area contributed by atoms with E-state index in [1.54, 1.807) is 11.3 Å². The van der Waals surface area contributed by atoms with Crippen molar-refractivity contribution in [3.63, 3.8) is 0 Å². The predicted molar refractivity (Wildman–Crippen MR) is 122 cm³/mol. The van der Waals surface area contributed by atoms with Gasteiger partial charge in [-0.3, -0.25) is 0 Å². The Morgan fingerprint density at radius 3 is 2.23 bits per heavy atom. The lowest BCUT2D eigenvalue weighted by Gasteiger charge is -2.29. The Bertz CT molecular complexity index is 745. The van der Waals surface area contributed by atoms with Crippen molar-refractivity contribution in [2.24, 2.45) is 0 Å². The first-order chi connectivity index (χ1) is 11.9. The van der Waals surface area contributed by atoms with Crippen LogP contribution in [0.4, 0.5) is 0 Å². The summed E-state index contributed by atoms with van der Waals surface area (Å²) in [6.45, 7) is 17.8. The SMILES string of the molecule is C[Si](C)Oc1cc(C(C)(C)C)ccc1C(O[Si](C)(C)C)c1cc(Br)cs1. The molecule has 1 heterocycles. The van der Waals surface area contributed by atoms with E-state index in [4.69, 9.17) is 8.85 Å². The molecule has 2 aromatic rings. The molecule has 0 saturated heterocycles. The minimum Gasteiger partial charge on any atom is -0.542 e. The monoisotopic (exact) mass is 469 g/mol. The second kappa shape index (κ2) is 8.31. The van der Waals surface area contributed by atoms with Gasteiger partial charge in [0, 0.05) is 20.3 Å². The Hall–Kier alpha value is -0.406. The Kier molecular flexibility index (Phi) is 6.99. The molecule has 1 aromatic heterocycles. The van der Waals surface area contributed by atoms with E-state index in [0.717, 1.165) is 15.8 Å². The molecular weight excluding hydrogens is 440 g/mol. The normalized spacial score (nSPS) is 13.9. The molecule has 26 heavy (non-hydrogen) atoms. The molecule has 2 rings (SSSR count). The standard InChI is InChI=1S/C20H30BrO2SSi2/c1-20(2,3)14-9-10-16(17(11-14)22-25(4)5)19(23-26(6,7)8)18-12-15(21)13-24-18/h9-13,19H,1-8H3. The molecule has 0 saturated carbocycles. The third-order valence-corrected chi connectivity index (χ3v) is 7.10. The molecule has 2 nitrogen and oxygen atoms in total. The first-order valence-corrected chi connectivity index (χ1v) is 16.4.